The van der Waals surface area contributed by atoms with Gasteiger partial charge in [0.05, 0.1) is 17.9 Å². The van der Waals surface area contributed by atoms with E-state index >= 15 is 0 Å². The molecule has 1 unspecified atom stereocenters. The molecule has 1 aliphatic carbocycles. The number of aliphatic imine (C=N–C) groups is 1. The maximum absolute atomic E-state index is 12.8. The monoisotopic (exact) mass is 435 g/mol. The first-order valence-electron chi connectivity index (χ1n) is 9.42. The molecular weight excluding hydrogens is 407 g/mol. The van der Waals surface area contributed by atoms with Gasteiger partial charge in [0.15, 0.2) is 5.96 Å². The van der Waals surface area contributed by atoms with Gasteiger partial charge in [0, 0.05) is 25.3 Å². The van der Waals surface area contributed by atoms with Crippen LogP contribution >= 0.6 is 0 Å². The van der Waals surface area contributed by atoms with E-state index in [4.69, 9.17) is 4.74 Å². The van der Waals surface area contributed by atoms with E-state index in [2.05, 4.69) is 15.6 Å². The van der Waals surface area contributed by atoms with Gasteiger partial charge in [0.2, 0.25) is 0 Å². The highest BCUT2D eigenvalue weighted by Crippen LogP contribution is 2.46. The molecule has 0 saturated heterocycles. The van der Waals surface area contributed by atoms with Crippen molar-refractivity contribution in [1.82, 2.24) is 10.6 Å². The molecule has 10 heteroatoms. The normalized spacial score (nSPS) is 17.5. The largest absolute Gasteiger partial charge is 0.489 e. The lowest BCUT2D eigenvalue weighted by Gasteiger charge is -2.22. The van der Waals surface area contributed by atoms with E-state index in [0.717, 1.165) is 25.0 Å². The molecule has 2 rings (SSSR count). The average Bonchev–Trinajstić information content (AvgIpc) is 3.38. The molecule has 0 bridgehead atoms. The number of benzene rings is 1. The van der Waals surface area contributed by atoms with Crippen LogP contribution in [0.15, 0.2) is 29.3 Å². The van der Waals surface area contributed by atoms with Crippen molar-refractivity contribution in [3.63, 3.8) is 0 Å². The van der Waals surface area contributed by atoms with Gasteiger partial charge in [-0.25, -0.2) is 8.42 Å². The Morgan fingerprint density at radius 2 is 2.00 bits per heavy atom. The summed E-state index contributed by atoms with van der Waals surface area (Å²) in [4.78, 5) is 4.12. The summed E-state index contributed by atoms with van der Waals surface area (Å²) < 4.78 is 67.3. The van der Waals surface area contributed by atoms with Gasteiger partial charge in [0.25, 0.3) is 0 Å². The molecule has 1 aliphatic rings. The fourth-order valence-electron chi connectivity index (χ4n) is 3.01. The van der Waals surface area contributed by atoms with Crippen molar-refractivity contribution in [2.45, 2.75) is 38.5 Å². The van der Waals surface area contributed by atoms with Crippen LogP contribution in [0.25, 0.3) is 0 Å². The highest BCUT2D eigenvalue weighted by atomic mass is 32.2. The van der Waals surface area contributed by atoms with Gasteiger partial charge in [0.1, 0.15) is 21.7 Å². The van der Waals surface area contributed by atoms with Crippen LogP contribution in [-0.2, 0) is 16.0 Å². The average molecular weight is 436 g/mol. The van der Waals surface area contributed by atoms with Crippen molar-refractivity contribution in [2.24, 2.45) is 10.4 Å². The number of sulfone groups is 1. The molecule has 164 valence electrons. The Morgan fingerprint density at radius 3 is 2.52 bits per heavy atom. The van der Waals surface area contributed by atoms with Gasteiger partial charge in [-0.15, -0.1) is 0 Å². The lowest BCUT2D eigenvalue weighted by molar-refractivity contribution is -0.137. The summed E-state index contributed by atoms with van der Waals surface area (Å²) in [6.45, 7) is 2.71. The molecule has 0 aromatic heterocycles. The smallest absolute Gasteiger partial charge is 0.416 e. The van der Waals surface area contributed by atoms with Crippen molar-refractivity contribution in [2.75, 3.05) is 32.1 Å². The molecular formula is C19H28F3N3O3S. The number of nitrogens with zero attached hydrogens (tertiary/aromatic N) is 1. The van der Waals surface area contributed by atoms with E-state index < -0.39 is 21.6 Å². The third kappa shape index (κ3) is 7.75. The number of ether oxygens (including phenoxy) is 1. The van der Waals surface area contributed by atoms with Gasteiger partial charge in [-0.3, -0.25) is 4.99 Å². The van der Waals surface area contributed by atoms with Crippen molar-refractivity contribution < 1.29 is 26.3 Å². The van der Waals surface area contributed by atoms with E-state index in [1.807, 2.05) is 6.92 Å². The second-order valence-electron chi connectivity index (χ2n) is 7.55. The van der Waals surface area contributed by atoms with Crippen LogP contribution in [0.5, 0.6) is 5.75 Å². The first-order valence-corrected chi connectivity index (χ1v) is 11.5. The minimum atomic E-state index is -4.42. The Kier molecular flexibility index (Phi) is 7.42. The first kappa shape index (κ1) is 23.3. The molecule has 1 aromatic rings. The zero-order chi connectivity index (χ0) is 21.7. The Morgan fingerprint density at radius 1 is 1.31 bits per heavy atom. The number of rotatable bonds is 9. The Hall–Kier alpha value is -1.97. The highest BCUT2D eigenvalue weighted by Gasteiger charge is 2.45. The van der Waals surface area contributed by atoms with Crippen LogP contribution in [0, 0.1) is 5.41 Å². The maximum Gasteiger partial charge on any atom is 0.416 e. The molecule has 0 heterocycles. The number of halogens is 3. The van der Waals surface area contributed by atoms with Crippen molar-refractivity contribution in [3.8, 4) is 5.75 Å². The molecule has 0 spiro atoms. The summed E-state index contributed by atoms with van der Waals surface area (Å²) in [5.41, 5.74) is -1.000. The Balaban J connectivity index is 1.87. The zero-order valence-corrected chi connectivity index (χ0v) is 17.7. The fraction of sp³-hybridized carbons (Fsp3) is 0.632. The molecule has 1 saturated carbocycles. The van der Waals surface area contributed by atoms with Crippen LogP contribution in [-0.4, -0.2) is 52.6 Å². The van der Waals surface area contributed by atoms with Crippen LogP contribution in [0.4, 0.5) is 13.2 Å². The Labute approximate surface area is 169 Å². The molecule has 1 fully saturated rings. The SMILES string of the molecule is CCC(CNC(=NC)NCC1(CS(C)(=O)=O)CC1)Oc1cccc(C(F)(F)F)c1. The Bertz CT molecular complexity index is 821. The molecule has 1 atom stereocenters. The van der Waals surface area contributed by atoms with Crippen LogP contribution in [0.2, 0.25) is 0 Å². The van der Waals surface area contributed by atoms with Crippen molar-refractivity contribution in [1.29, 1.82) is 0 Å². The summed E-state index contributed by atoms with van der Waals surface area (Å²) in [6.07, 6.45) is -1.27. The summed E-state index contributed by atoms with van der Waals surface area (Å²) in [7, 11) is -1.46. The summed E-state index contributed by atoms with van der Waals surface area (Å²) in [5, 5.41) is 6.23. The predicted molar refractivity (Wildman–Crippen MR) is 107 cm³/mol. The number of hydrogen-bond acceptors (Lipinski definition) is 4. The summed E-state index contributed by atoms with van der Waals surface area (Å²) in [6, 6.07) is 4.79. The minimum absolute atomic E-state index is 0.139. The summed E-state index contributed by atoms with van der Waals surface area (Å²) >= 11 is 0. The van der Waals surface area contributed by atoms with E-state index in [1.165, 1.54) is 18.4 Å². The third-order valence-corrected chi connectivity index (χ3v) is 5.93. The molecule has 0 aliphatic heterocycles. The first-order chi connectivity index (χ1) is 13.5. The molecule has 29 heavy (non-hydrogen) atoms. The van der Waals surface area contributed by atoms with Crippen LogP contribution < -0.4 is 15.4 Å². The minimum Gasteiger partial charge on any atom is -0.489 e. The van der Waals surface area contributed by atoms with E-state index in [9.17, 15) is 21.6 Å². The molecule has 0 radical (unpaired) electrons. The fourth-order valence-corrected chi connectivity index (χ4v) is 4.52. The molecule has 1 aromatic carbocycles. The quantitative estimate of drug-likeness (QED) is 0.461. The lowest BCUT2D eigenvalue weighted by Crippen LogP contribution is -2.45. The van der Waals surface area contributed by atoms with E-state index in [1.54, 1.807) is 7.05 Å². The van der Waals surface area contributed by atoms with E-state index in [0.29, 0.717) is 25.5 Å². The van der Waals surface area contributed by atoms with E-state index in [-0.39, 0.29) is 23.0 Å². The molecule has 6 nitrogen and oxygen atoms in total. The van der Waals surface area contributed by atoms with Crippen LogP contribution in [0.1, 0.15) is 31.7 Å². The summed E-state index contributed by atoms with van der Waals surface area (Å²) in [5.74, 6) is 0.789. The zero-order valence-electron chi connectivity index (χ0n) is 16.8. The van der Waals surface area contributed by atoms with Crippen molar-refractivity contribution >= 4 is 15.8 Å². The molecule has 2 N–H and O–H groups in total. The molecule has 0 amide bonds. The van der Waals surface area contributed by atoms with Gasteiger partial charge < -0.3 is 15.4 Å². The van der Waals surface area contributed by atoms with Crippen LogP contribution in [0.3, 0.4) is 0 Å². The van der Waals surface area contributed by atoms with Gasteiger partial charge >= 0.3 is 6.18 Å². The lowest BCUT2D eigenvalue weighted by atomic mass is 10.1. The number of hydrogen-bond donors (Lipinski definition) is 2. The standard InChI is InChI=1S/C19H28F3N3O3S/c1-4-15(28-16-7-5-6-14(10-16)19(20,21)22)11-24-17(23-2)25-12-18(8-9-18)13-29(3,26)27/h5-7,10,15H,4,8-9,11-13H2,1-3H3,(H2,23,24,25). The predicted octanol–water partition coefficient (Wildman–Crippen LogP) is 2.85. The maximum atomic E-state index is 12.8. The number of guanidine groups is 1. The van der Waals surface area contributed by atoms with Gasteiger partial charge in [-0.1, -0.05) is 13.0 Å². The second-order valence-corrected chi connectivity index (χ2v) is 9.69. The van der Waals surface area contributed by atoms with Gasteiger partial charge in [-0.05, 0) is 37.5 Å². The van der Waals surface area contributed by atoms with Gasteiger partial charge in [-0.2, -0.15) is 13.2 Å². The second kappa shape index (κ2) is 9.23. The number of nitrogens with one attached hydrogen (secondary N) is 2. The third-order valence-electron chi connectivity index (χ3n) is 4.80. The number of alkyl halides is 3. The topological polar surface area (TPSA) is 79.8 Å². The highest BCUT2D eigenvalue weighted by molar-refractivity contribution is 7.90. The van der Waals surface area contributed by atoms with Crippen molar-refractivity contribution in [3.05, 3.63) is 29.8 Å².